The Labute approximate surface area is 117 Å². The number of aliphatic carboxylic acids is 1. The number of nitrogens with one attached hydrogen (secondary N) is 1. The number of carboxylic acids is 1. The SMILES string of the molecule is CCc1ccc(S(=O)(=O)NCCCC(C)C(=O)O)s1. The molecule has 0 aliphatic heterocycles. The monoisotopic (exact) mass is 305 g/mol. The van der Waals surface area contributed by atoms with E-state index in [0.717, 1.165) is 11.3 Å². The zero-order valence-corrected chi connectivity index (χ0v) is 12.7. The number of hydrogen-bond donors (Lipinski definition) is 2. The lowest BCUT2D eigenvalue weighted by atomic mass is 10.1. The molecule has 1 rings (SSSR count). The van der Waals surface area contributed by atoms with Crippen LogP contribution >= 0.6 is 11.3 Å². The van der Waals surface area contributed by atoms with Crippen molar-refractivity contribution in [1.29, 1.82) is 0 Å². The van der Waals surface area contributed by atoms with Crippen LogP contribution < -0.4 is 4.72 Å². The van der Waals surface area contributed by atoms with E-state index in [1.54, 1.807) is 13.0 Å². The maximum absolute atomic E-state index is 11.9. The van der Waals surface area contributed by atoms with Gasteiger partial charge in [0.15, 0.2) is 0 Å². The second kappa shape index (κ2) is 7.02. The lowest BCUT2D eigenvalue weighted by Crippen LogP contribution is -2.24. The quantitative estimate of drug-likeness (QED) is 0.720. The average molecular weight is 305 g/mol. The summed E-state index contributed by atoms with van der Waals surface area (Å²) >= 11 is 1.26. The number of hydrogen-bond acceptors (Lipinski definition) is 4. The summed E-state index contributed by atoms with van der Waals surface area (Å²) in [4.78, 5) is 11.6. The normalized spacial score (nSPS) is 13.4. The van der Waals surface area contributed by atoms with Crippen molar-refractivity contribution < 1.29 is 18.3 Å². The van der Waals surface area contributed by atoms with Crippen molar-refractivity contribution in [2.75, 3.05) is 6.54 Å². The van der Waals surface area contributed by atoms with Crippen LogP contribution in [-0.4, -0.2) is 26.0 Å². The van der Waals surface area contributed by atoms with Gasteiger partial charge in [-0.3, -0.25) is 4.79 Å². The summed E-state index contributed by atoms with van der Waals surface area (Å²) in [5, 5.41) is 8.71. The third kappa shape index (κ3) is 4.93. The molecule has 2 N–H and O–H groups in total. The van der Waals surface area contributed by atoms with Gasteiger partial charge in [-0.25, -0.2) is 13.1 Å². The fraction of sp³-hybridized carbons (Fsp3) is 0.583. The lowest BCUT2D eigenvalue weighted by molar-refractivity contribution is -0.141. The Morgan fingerprint density at radius 1 is 1.47 bits per heavy atom. The first-order chi connectivity index (χ1) is 8.86. The van der Waals surface area contributed by atoms with E-state index in [9.17, 15) is 13.2 Å². The lowest BCUT2D eigenvalue weighted by Gasteiger charge is -2.07. The molecule has 0 saturated carbocycles. The van der Waals surface area contributed by atoms with Crippen molar-refractivity contribution in [3.05, 3.63) is 17.0 Å². The topological polar surface area (TPSA) is 83.5 Å². The van der Waals surface area contributed by atoms with Crippen molar-refractivity contribution in [1.82, 2.24) is 4.72 Å². The summed E-state index contributed by atoms with van der Waals surface area (Å²) in [7, 11) is -3.45. The summed E-state index contributed by atoms with van der Waals surface area (Å²) in [5.74, 6) is -1.30. The number of carbonyl (C=O) groups is 1. The third-order valence-electron chi connectivity index (χ3n) is 2.78. The Bertz CT molecular complexity index is 522. The smallest absolute Gasteiger partial charge is 0.306 e. The first kappa shape index (κ1) is 16.1. The van der Waals surface area contributed by atoms with Crippen molar-refractivity contribution in [2.45, 2.75) is 37.3 Å². The van der Waals surface area contributed by atoms with E-state index in [1.807, 2.05) is 13.0 Å². The maximum atomic E-state index is 11.9. The molecular formula is C12H19NO4S2. The van der Waals surface area contributed by atoms with Gasteiger partial charge in [0, 0.05) is 11.4 Å². The van der Waals surface area contributed by atoms with Crippen LogP contribution in [0.25, 0.3) is 0 Å². The fourth-order valence-corrected chi connectivity index (χ4v) is 3.92. The minimum Gasteiger partial charge on any atom is -0.481 e. The summed E-state index contributed by atoms with van der Waals surface area (Å²) < 4.78 is 26.7. The van der Waals surface area contributed by atoms with Crippen molar-refractivity contribution in [2.24, 2.45) is 5.92 Å². The van der Waals surface area contributed by atoms with E-state index in [4.69, 9.17) is 5.11 Å². The number of carboxylic acid groups (broad SMARTS) is 1. The molecule has 0 saturated heterocycles. The highest BCUT2D eigenvalue weighted by atomic mass is 32.2. The number of sulfonamides is 1. The van der Waals surface area contributed by atoms with Gasteiger partial charge in [-0.05, 0) is 31.4 Å². The van der Waals surface area contributed by atoms with Crippen LogP contribution in [0.5, 0.6) is 0 Å². The molecule has 108 valence electrons. The van der Waals surface area contributed by atoms with Crippen molar-refractivity contribution >= 4 is 27.3 Å². The van der Waals surface area contributed by atoms with Gasteiger partial charge in [-0.15, -0.1) is 11.3 Å². The molecule has 1 unspecified atom stereocenters. The number of aryl methyl sites for hydroxylation is 1. The van der Waals surface area contributed by atoms with Gasteiger partial charge in [0.25, 0.3) is 0 Å². The van der Waals surface area contributed by atoms with Gasteiger partial charge in [0.1, 0.15) is 4.21 Å². The van der Waals surface area contributed by atoms with Crippen LogP contribution in [0.2, 0.25) is 0 Å². The second-order valence-corrected chi connectivity index (χ2v) is 7.52. The average Bonchev–Trinajstić information content (AvgIpc) is 2.83. The predicted octanol–water partition coefficient (Wildman–Crippen LogP) is 2.09. The Hall–Kier alpha value is -0.920. The van der Waals surface area contributed by atoms with Gasteiger partial charge in [-0.1, -0.05) is 13.8 Å². The Morgan fingerprint density at radius 3 is 2.68 bits per heavy atom. The minimum absolute atomic E-state index is 0.263. The van der Waals surface area contributed by atoms with E-state index < -0.39 is 21.9 Å². The molecule has 7 heteroatoms. The number of thiophene rings is 1. The minimum atomic E-state index is -3.45. The molecule has 0 spiro atoms. The molecule has 0 amide bonds. The molecule has 0 fully saturated rings. The molecule has 5 nitrogen and oxygen atoms in total. The Morgan fingerprint density at radius 2 is 2.16 bits per heavy atom. The van der Waals surface area contributed by atoms with E-state index in [-0.39, 0.29) is 6.54 Å². The molecule has 0 radical (unpaired) electrons. The van der Waals surface area contributed by atoms with Gasteiger partial charge in [0.05, 0.1) is 5.92 Å². The van der Waals surface area contributed by atoms with Crippen LogP contribution in [0.4, 0.5) is 0 Å². The van der Waals surface area contributed by atoms with Crippen molar-refractivity contribution in [3.63, 3.8) is 0 Å². The number of rotatable bonds is 8. The second-order valence-electron chi connectivity index (χ2n) is 4.35. The Balaban J connectivity index is 2.45. The highest BCUT2D eigenvalue weighted by molar-refractivity contribution is 7.91. The van der Waals surface area contributed by atoms with Gasteiger partial charge < -0.3 is 5.11 Å². The van der Waals surface area contributed by atoms with Crippen LogP contribution in [0.15, 0.2) is 16.3 Å². The van der Waals surface area contributed by atoms with E-state index in [0.29, 0.717) is 17.1 Å². The molecule has 0 bridgehead atoms. The summed E-state index contributed by atoms with van der Waals surface area (Å²) in [6.45, 7) is 3.85. The van der Waals surface area contributed by atoms with E-state index in [1.165, 1.54) is 11.3 Å². The molecule has 1 heterocycles. The van der Waals surface area contributed by atoms with Gasteiger partial charge >= 0.3 is 5.97 Å². The molecule has 19 heavy (non-hydrogen) atoms. The highest BCUT2D eigenvalue weighted by Gasteiger charge is 2.16. The first-order valence-electron chi connectivity index (χ1n) is 6.18. The standard InChI is InChI=1S/C12H19NO4S2/c1-3-10-6-7-11(18-10)19(16,17)13-8-4-5-9(2)12(14)15/h6-7,9,13H,3-5,8H2,1-2H3,(H,14,15). The Kier molecular flexibility index (Phi) is 5.96. The largest absolute Gasteiger partial charge is 0.481 e. The molecule has 1 aromatic heterocycles. The molecular weight excluding hydrogens is 286 g/mol. The maximum Gasteiger partial charge on any atom is 0.306 e. The molecule has 0 aliphatic rings. The highest BCUT2D eigenvalue weighted by Crippen LogP contribution is 2.21. The predicted molar refractivity (Wildman–Crippen MR) is 74.9 cm³/mol. The molecule has 1 aromatic rings. The van der Waals surface area contributed by atoms with Gasteiger partial charge in [-0.2, -0.15) is 0 Å². The van der Waals surface area contributed by atoms with Crippen molar-refractivity contribution in [3.8, 4) is 0 Å². The molecule has 0 aliphatic carbocycles. The molecule has 1 atom stereocenters. The van der Waals surface area contributed by atoms with Crippen LogP contribution in [0.1, 0.15) is 31.6 Å². The molecule has 0 aromatic carbocycles. The summed E-state index contributed by atoms with van der Waals surface area (Å²) in [6, 6.07) is 3.41. The first-order valence-corrected chi connectivity index (χ1v) is 8.48. The third-order valence-corrected chi connectivity index (χ3v) is 5.96. The zero-order valence-electron chi connectivity index (χ0n) is 11.0. The fourth-order valence-electron chi connectivity index (χ4n) is 1.50. The van der Waals surface area contributed by atoms with Crippen LogP contribution in [0, 0.1) is 5.92 Å². The van der Waals surface area contributed by atoms with Crippen LogP contribution in [-0.2, 0) is 21.2 Å². The summed E-state index contributed by atoms with van der Waals surface area (Å²) in [5.41, 5.74) is 0. The van der Waals surface area contributed by atoms with E-state index >= 15 is 0 Å². The summed E-state index contributed by atoms with van der Waals surface area (Å²) in [6.07, 6.45) is 1.79. The van der Waals surface area contributed by atoms with Crippen LogP contribution in [0.3, 0.4) is 0 Å². The zero-order chi connectivity index (χ0) is 14.5. The van der Waals surface area contributed by atoms with Gasteiger partial charge in [0.2, 0.25) is 10.0 Å². The van der Waals surface area contributed by atoms with E-state index in [2.05, 4.69) is 4.72 Å².